The van der Waals surface area contributed by atoms with Crippen molar-refractivity contribution in [2.75, 3.05) is 20.4 Å². The number of carbonyl (C=O) groups excluding carboxylic acids is 2. The van der Waals surface area contributed by atoms with Crippen molar-refractivity contribution in [3.63, 3.8) is 0 Å². The van der Waals surface area contributed by atoms with Crippen LogP contribution in [-0.2, 0) is 27.9 Å². The first-order valence-corrected chi connectivity index (χ1v) is 14.7. The van der Waals surface area contributed by atoms with Crippen LogP contribution in [-0.4, -0.2) is 56.4 Å². The molecule has 1 aliphatic heterocycles. The second-order valence-electron chi connectivity index (χ2n) is 9.65. The number of hydrogen-bond donors (Lipinski definition) is 4. The summed E-state index contributed by atoms with van der Waals surface area (Å²) in [5.74, 6) is 0.544. The molecule has 12 nitrogen and oxygen atoms in total. The maximum absolute atomic E-state index is 13.9. The van der Waals surface area contributed by atoms with Crippen molar-refractivity contribution in [1.29, 1.82) is 0 Å². The number of urea groups is 1. The van der Waals surface area contributed by atoms with Gasteiger partial charge in [-0.3, -0.25) is 10.0 Å². The number of benzene rings is 3. The Morgan fingerprint density at radius 3 is 2.48 bits per heavy atom. The van der Waals surface area contributed by atoms with Crippen molar-refractivity contribution >= 4 is 22.0 Å². The van der Waals surface area contributed by atoms with Gasteiger partial charge in [-0.1, -0.05) is 35.9 Å². The molecule has 3 amide bonds. The first-order valence-electron chi connectivity index (χ1n) is 13.3. The van der Waals surface area contributed by atoms with Crippen LogP contribution in [0.15, 0.2) is 71.6 Å². The molecule has 0 radical (unpaired) electrons. The number of carbonyl (C=O) groups is 2. The summed E-state index contributed by atoms with van der Waals surface area (Å²) in [6.07, 6.45) is 0.246. The molecule has 224 valence electrons. The zero-order valence-electron chi connectivity index (χ0n) is 23.3. The Bertz CT molecular complexity index is 1500. The lowest BCUT2D eigenvalue weighted by atomic mass is 10.1. The summed E-state index contributed by atoms with van der Waals surface area (Å²) >= 11 is 0. The SMILES string of the molecule is COc1ccc(S(=O)(=O)N(Cc2ccc3c(c2)OCO3)[C@H](CCCNC(=O)NCc2cccc(C)c2)C(=O)NO)cc1. The van der Waals surface area contributed by atoms with Gasteiger partial charge in [0.2, 0.25) is 16.8 Å². The van der Waals surface area contributed by atoms with Gasteiger partial charge in [-0.25, -0.2) is 18.7 Å². The van der Waals surface area contributed by atoms with Crippen LogP contribution in [0.1, 0.15) is 29.5 Å². The van der Waals surface area contributed by atoms with E-state index in [0.717, 1.165) is 15.4 Å². The van der Waals surface area contributed by atoms with E-state index in [1.54, 1.807) is 23.7 Å². The van der Waals surface area contributed by atoms with Crippen molar-refractivity contribution in [3.8, 4) is 17.2 Å². The largest absolute Gasteiger partial charge is 0.497 e. The molecule has 0 saturated carbocycles. The van der Waals surface area contributed by atoms with Gasteiger partial charge in [-0.05, 0) is 67.3 Å². The predicted octanol–water partition coefficient (Wildman–Crippen LogP) is 3.08. The van der Waals surface area contributed by atoms with Crippen LogP contribution in [0.4, 0.5) is 4.79 Å². The summed E-state index contributed by atoms with van der Waals surface area (Å²) in [5.41, 5.74) is 4.17. The van der Waals surface area contributed by atoms with Gasteiger partial charge in [0.15, 0.2) is 11.5 Å². The van der Waals surface area contributed by atoms with Gasteiger partial charge in [0, 0.05) is 19.6 Å². The number of ether oxygens (including phenoxy) is 3. The van der Waals surface area contributed by atoms with Gasteiger partial charge in [0.25, 0.3) is 5.91 Å². The van der Waals surface area contributed by atoms with E-state index >= 15 is 0 Å². The number of amides is 3. The van der Waals surface area contributed by atoms with E-state index in [-0.39, 0.29) is 37.6 Å². The number of sulfonamides is 1. The zero-order valence-corrected chi connectivity index (χ0v) is 24.1. The van der Waals surface area contributed by atoms with Crippen molar-refractivity contribution in [2.24, 2.45) is 0 Å². The summed E-state index contributed by atoms with van der Waals surface area (Å²) < 4.78 is 44.8. The maximum atomic E-state index is 13.9. The van der Waals surface area contributed by atoms with Gasteiger partial charge in [0.05, 0.1) is 12.0 Å². The summed E-state index contributed by atoms with van der Waals surface area (Å²) in [5, 5.41) is 15.0. The zero-order chi connectivity index (χ0) is 30.1. The molecule has 4 rings (SSSR count). The van der Waals surface area contributed by atoms with E-state index in [1.165, 1.54) is 31.4 Å². The quantitative estimate of drug-likeness (QED) is 0.133. The third-order valence-corrected chi connectivity index (χ3v) is 8.55. The average molecular weight is 599 g/mol. The number of methoxy groups -OCH3 is 1. The highest BCUT2D eigenvalue weighted by Gasteiger charge is 2.36. The fourth-order valence-electron chi connectivity index (χ4n) is 4.51. The molecule has 1 aliphatic rings. The third-order valence-electron chi connectivity index (χ3n) is 6.68. The van der Waals surface area contributed by atoms with Crippen molar-refractivity contribution in [2.45, 2.75) is 43.8 Å². The molecular formula is C29H34N4O8S. The Kier molecular flexibility index (Phi) is 10.2. The van der Waals surface area contributed by atoms with Crippen LogP contribution in [0.3, 0.4) is 0 Å². The van der Waals surface area contributed by atoms with Crippen LogP contribution in [0.5, 0.6) is 17.2 Å². The highest BCUT2D eigenvalue weighted by Crippen LogP contribution is 2.34. The second kappa shape index (κ2) is 14.0. The van der Waals surface area contributed by atoms with E-state index in [1.807, 2.05) is 31.2 Å². The summed E-state index contributed by atoms with van der Waals surface area (Å²) in [7, 11) is -2.79. The molecule has 0 unspecified atom stereocenters. The van der Waals surface area contributed by atoms with Crippen LogP contribution in [0.2, 0.25) is 0 Å². The van der Waals surface area contributed by atoms with Crippen molar-refractivity contribution < 1.29 is 37.4 Å². The van der Waals surface area contributed by atoms with Gasteiger partial charge in [-0.15, -0.1) is 0 Å². The summed E-state index contributed by atoms with van der Waals surface area (Å²) in [6, 6.07) is 16.8. The lowest BCUT2D eigenvalue weighted by molar-refractivity contribution is -0.133. The number of nitrogens with one attached hydrogen (secondary N) is 3. The molecule has 3 aromatic rings. The number of fused-ring (bicyclic) bond motifs is 1. The first kappa shape index (κ1) is 30.6. The lowest BCUT2D eigenvalue weighted by Gasteiger charge is -2.30. The molecule has 0 aromatic heterocycles. The number of aryl methyl sites for hydroxylation is 1. The van der Waals surface area contributed by atoms with Crippen LogP contribution in [0, 0.1) is 6.92 Å². The van der Waals surface area contributed by atoms with Crippen molar-refractivity contribution in [3.05, 3.63) is 83.4 Å². The highest BCUT2D eigenvalue weighted by atomic mass is 32.2. The predicted molar refractivity (Wildman–Crippen MR) is 153 cm³/mol. The minimum atomic E-state index is -4.25. The van der Waals surface area contributed by atoms with Gasteiger partial charge in [-0.2, -0.15) is 4.31 Å². The molecule has 4 N–H and O–H groups in total. The van der Waals surface area contributed by atoms with Crippen LogP contribution >= 0.6 is 0 Å². The molecule has 0 aliphatic carbocycles. The lowest BCUT2D eigenvalue weighted by Crippen LogP contribution is -2.49. The smallest absolute Gasteiger partial charge is 0.315 e. The second-order valence-corrected chi connectivity index (χ2v) is 11.5. The average Bonchev–Trinajstić information content (AvgIpc) is 3.47. The standard InChI is InChI=1S/C29H34N4O8S/c1-20-5-3-6-21(15-20)17-31-29(35)30-14-4-7-25(28(34)32-36)33(18-22-8-13-26-27(16-22)41-19-40-26)42(37,38)24-11-9-23(39-2)10-12-24/h3,5-6,8-13,15-16,25,36H,4,7,14,17-19H2,1-2H3,(H,32,34)(H2,30,31,35)/t25-/m1/s1. The topological polar surface area (TPSA) is 156 Å². The number of nitrogens with zero attached hydrogens (tertiary/aromatic N) is 1. The molecular weight excluding hydrogens is 564 g/mol. The first-order chi connectivity index (χ1) is 20.2. The molecule has 0 spiro atoms. The van der Waals surface area contributed by atoms with E-state index in [9.17, 15) is 23.2 Å². The molecule has 13 heteroatoms. The molecule has 0 fully saturated rings. The Morgan fingerprint density at radius 1 is 1.00 bits per heavy atom. The van der Waals surface area contributed by atoms with E-state index in [2.05, 4.69) is 10.6 Å². The maximum Gasteiger partial charge on any atom is 0.315 e. The highest BCUT2D eigenvalue weighted by molar-refractivity contribution is 7.89. The Labute approximate surface area is 244 Å². The van der Waals surface area contributed by atoms with Gasteiger partial charge in [0.1, 0.15) is 11.8 Å². The van der Waals surface area contributed by atoms with Gasteiger partial charge < -0.3 is 24.8 Å². The molecule has 0 bridgehead atoms. The molecule has 3 aromatic carbocycles. The number of hydroxylamine groups is 1. The fraction of sp³-hybridized carbons (Fsp3) is 0.310. The number of hydrogen-bond acceptors (Lipinski definition) is 8. The molecule has 42 heavy (non-hydrogen) atoms. The van der Waals surface area contributed by atoms with Gasteiger partial charge >= 0.3 is 6.03 Å². The van der Waals surface area contributed by atoms with Crippen LogP contribution < -0.4 is 30.3 Å². The fourth-order valence-corrected chi connectivity index (χ4v) is 6.12. The number of rotatable bonds is 13. The molecule has 1 atom stereocenters. The Balaban J connectivity index is 1.49. The van der Waals surface area contributed by atoms with E-state index in [4.69, 9.17) is 14.2 Å². The summed E-state index contributed by atoms with van der Waals surface area (Å²) in [4.78, 5) is 25.2. The molecule has 0 saturated heterocycles. The monoisotopic (exact) mass is 598 g/mol. The normalized spacial score (nSPS) is 13.0. The minimum absolute atomic E-state index is 0.00445. The third kappa shape index (κ3) is 7.69. The van der Waals surface area contributed by atoms with Crippen LogP contribution in [0.25, 0.3) is 0 Å². The minimum Gasteiger partial charge on any atom is -0.497 e. The Morgan fingerprint density at radius 2 is 1.76 bits per heavy atom. The Hall–Kier alpha value is -4.33. The van der Waals surface area contributed by atoms with E-state index < -0.39 is 28.0 Å². The molecule has 1 heterocycles. The van der Waals surface area contributed by atoms with E-state index in [0.29, 0.717) is 29.4 Å². The summed E-state index contributed by atoms with van der Waals surface area (Å²) in [6.45, 7) is 2.32. The van der Waals surface area contributed by atoms with Crippen molar-refractivity contribution in [1.82, 2.24) is 20.4 Å².